The van der Waals surface area contributed by atoms with Gasteiger partial charge in [-0.1, -0.05) is 25.0 Å². The van der Waals surface area contributed by atoms with Gasteiger partial charge in [0.15, 0.2) is 0 Å². The van der Waals surface area contributed by atoms with E-state index in [1.165, 1.54) is 38.5 Å². The van der Waals surface area contributed by atoms with E-state index in [0.717, 1.165) is 17.8 Å². The Bertz CT molecular complexity index is 296. The molecule has 3 aliphatic carbocycles. The second kappa shape index (κ2) is 2.44. The highest BCUT2D eigenvalue weighted by molar-refractivity contribution is 5.20. The van der Waals surface area contributed by atoms with Crippen molar-refractivity contribution < 1.29 is 4.74 Å². The molecule has 1 heteroatoms. The second-order valence-electron chi connectivity index (χ2n) is 5.69. The van der Waals surface area contributed by atoms with E-state index in [1.807, 2.05) is 0 Å². The molecule has 5 unspecified atom stereocenters. The van der Waals surface area contributed by atoms with Crippen LogP contribution in [0.4, 0.5) is 0 Å². The predicted molar refractivity (Wildman–Crippen MR) is 54.9 cm³/mol. The van der Waals surface area contributed by atoms with Gasteiger partial charge in [-0.3, -0.25) is 0 Å². The van der Waals surface area contributed by atoms with Gasteiger partial charge < -0.3 is 4.74 Å². The molecule has 0 aromatic rings. The van der Waals surface area contributed by atoms with Crippen LogP contribution >= 0.6 is 0 Å². The first-order valence-corrected chi connectivity index (χ1v) is 6.25. The molecule has 2 bridgehead atoms. The van der Waals surface area contributed by atoms with Crippen molar-refractivity contribution in [3.63, 3.8) is 0 Å². The van der Waals surface area contributed by atoms with Gasteiger partial charge in [0.25, 0.3) is 0 Å². The molecule has 14 heavy (non-hydrogen) atoms. The minimum absolute atomic E-state index is 0.377. The maximum absolute atomic E-state index is 6.07. The number of hydrogen-bond donors (Lipinski definition) is 0. The van der Waals surface area contributed by atoms with Gasteiger partial charge in [0.05, 0.1) is 11.7 Å². The smallest absolute Gasteiger partial charge is 0.0982 e. The molecule has 1 heterocycles. The lowest BCUT2D eigenvalue weighted by molar-refractivity contribution is 0.178. The average molecular weight is 190 g/mol. The van der Waals surface area contributed by atoms with E-state index in [4.69, 9.17) is 4.74 Å². The van der Waals surface area contributed by atoms with Crippen molar-refractivity contribution in [3.8, 4) is 0 Å². The summed E-state index contributed by atoms with van der Waals surface area (Å²) in [4.78, 5) is 0. The average Bonchev–Trinajstić information content (AvgIpc) is 2.59. The lowest BCUT2D eigenvalue weighted by atomic mass is 9.74. The van der Waals surface area contributed by atoms with Crippen molar-refractivity contribution in [2.75, 3.05) is 0 Å². The van der Waals surface area contributed by atoms with Crippen LogP contribution in [0.2, 0.25) is 0 Å². The van der Waals surface area contributed by atoms with Crippen molar-refractivity contribution in [1.82, 2.24) is 0 Å². The first-order chi connectivity index (χ1) is 6.88. The van der Waals surface area contributed by atoms with Gasteiger partial charge in [-0.05, 0) is 43.4 Å². The number of hydrogen-bond acceptors (Lipinski definition) is 1. The topological polar surface area (TPSA) is 12.5 Å². The van der Waals surface area contributed by atoms with E-state index in [2.05, 4.69) is 12.2 Å². The fourth-order valence-corrected chi connectivity index (χ4v) is 4.34. The number of ether oxygens (including phenoxy) is 1. The summed E-state index contributed by atoms with van der Waals surface area (Å²) >= 11 is 0. The molecule has 0 spiro atoms. The first-order valence-electron chi connectivity index (χ1n) is 6.25. The Morgan fingerprint density at radius 1 is 1.14 bits per heavy atom. The second-order valence-corrected chi connectivity index (χ2v) is 5.69. The van der Waals surface area contributed by atoms with Gasteiger partial charge in [0.2, 0.25) is 0 Å². The van der Waals surface area contributed by atoms with Crippen LogP contribution in [-0.4, -0.2) is 11.7 Å². The summed E-state index contributed by atoms with van der Waals surface area (Å²) in [6.45, 7) is 0. The summed E-state index contributed by atoms with van der Waals surface area (Å²) in [7, 11) is 0. The van der Waals surface area contributed by atoms with E-state index < -0.39 is 0 Å². The van der Waals surface area contributed by atoms with E-state index in [-0.39, 0.29) is 0 Å². The molecular formula is C13H18O. The van der Waals surface area contributed by atoms with Crippen molar-refractivity contribution in [2.45, 2.75) is 50.2 Å². The highest BCUT2D eigenvalue weighted by Crippen LogP contribution is 2.61. The normalized spacial score (nSPS) is 58.9. The molecule has 76 valence electrons. The molecule has 2 saturated carbocycles. The highest BCUT2D eigenvalue weighted by atomic mass is 16.6. The van der Waals surface area contributed by atoms with Gasteiger partial charge in [-0.25, -0.2) is 0 Å². The van der Waals surface area contributed by atoms with Gasteiger partial charge in [-0.15, -0.1) is 0 Å². The molecule has 1 aliphatic heterocycles. The Hall–Kier alpha value is -0.300. The zero-order valence-electron chi connectivity index (χ0n) is 8.61. The molecular weight excluding hydrogens is 172 g/mol. The van der Waals surface area contributed by atoms with Gasteiger partial charge in [-0.2, -0.15) is 0 Å². The highest BCUT2D eigenvalue weighted by Gasteiger charge is 2.64. The van der Waals surface area contributed by atoms with Crippen LogP contribution in [0, 0.1) is 17.8 Å². The summed E-state index contributed by atoms with van der Waals surface area (Å²) in [5.74, 6) is 2.68. The summed E-state index contributed by atoms with van der Waals surface area (Å²) in [6.07, 6.45) is 14.0. The van der Waals surface area contributed by atoms with Crippen LogP contribution in [0.25, 0.3) is 0 Å². The lowest BCUT2D eigenvalue weighted by Gasteiger charge is -2.28. The quantitative estimate of drug-likeness (QED) is 0.457. The van der Waals surface area contributed by atoms with Crippen molar-refractivity contribution in [2.24, 2.45) is 17.8 Å². The molecule has 0 aromatic heterocycles. The number of rotatable bonds is 1. The van der Waals surface area contributed by atoms with Crippen molar-refractivity contribution in [1.29, 1.82) is 0 Å². The third-order valence-electron chi connectivity index (χ3n) is 5.04. The standard InChI is InChI=1S/C13H18O/c1-2-6-13(12(3-1)14-13)11-8-9-4-5-10(11)7-9/h4-5,9-12H,1-3,6-8H2. The van der Waals surface area contributed by atoms with Crippen molar-refractivity contribution in [3.05, 3.63) is 12.2 Å². The zero-order chi connectivity index (χ0) is 9.17. The summed E-state index contributed by atoms with van der Waals surface area (Å²) in [6, 6.07) is 0. The Balaban J connectivity index is 1.62. The Kier molecular flexibility index (Phi) is 1.38. The summed E-state index contributed by atoms with van der Waals surface area (Å²) in [5.41, 5.74) is 0.377. The van der Waals surface area contributed by atoms with Crippen LogP contribution in [-0.2, 0) is 4.74 Å². The van der Waals surface area contributed by atoms with Crippen LogP contribution < -0.4 is 0 Å². The molecule has 4 rings (SSSR count). The Morgan fingerprint density at radius 3 is 2.86 bits per heavy atom. The maximum atomic E-state index is 6.07. The lowest BCUT2D eigenvalue weighted by Crippen LogP contribution is -2.32. The third-order valence-corrected chi connectivity index (χ3v) is 5.04. The molecule has 1 nitrogen and oxygen atoms in total. The van der Waals surface area contributed by atoms with Crippen LogP contribution in [0.15, 0.2) is 12.2 Å². The van der Waals surface area contributed by atoms with Gasteiger partial charge in [0, 0.05) is 0 Å². The fourth-order valence-electron chi connectivity index (χ4n) is 4.34. The summed E-state index contributed by atoms with van der Waals surface area (Å²) in [5, 5.41) is 0. The molecule has 0 N–H and O–H groups in total. The molecule has 3 fully saturated rings. The molecule has 1 saturated heterocycles. The van der Waals surface area contributed by atoms with Crippen LogP contribution in [0.5, 0.6) is 0 Å². The monoisotopic (exact) mass is 190 g/mol. The van der Waals surface area contributed by atoms with Crippen LogP contribution in [0.3, 0.4) is 0 Å². The Labute approximate surface area is 85.5 Å². The SMILES string of the molecule is C1=CC2CC1CC2C12CCCCC1O2. The number of fused-ring (bicyclic) bond motifs is 3. The van der Waals surface area contributed by atoms with E-state index in [9.17, 15) is 0 Å². The minimum Gasteiger partial charge on any atom is -0.366 e. The zero-order valence-corrected chi connectivity index (χ0v) is 8.61. The fraction of sp³-hybridized carbons (Fsp3) is 0.846. The minimum atomic E-state index is 0.377. The van der Waals surface area contributed by atoms with E-state index in [0.29, 0.717) is 11.7 Å². The summed E-state index contributed by atoms with van der Waals surface area (Å²) < 4.78 is 6.07. The molecule has 4 aliphatic rings. The van der Waals surface area contributed by atoms with E-state index >= 15 is 0 Å². The maximum Gasteiger partial charge on any atom is 0.0982 e. The van der Waals surface area contributed by atoms with Gasteiger partial charge >= 0.3 is 0 Å². The van der Waals surface area contributed by atoms with Gasteiger partial charge in [0.1, 0.15) is 0 Å². The molecule has 5 atom stereocenters. The predicted octanol–water partition coefficient (Wildman–Crippen LogP) is 2.91. The van der Waals surface area contributed by atoms with Crippen molar-refractivity contribution >= 4 is 0 Å². The molecule has 0 radical (unpaired) electrons. The van der Waals surface area contributed by atoms with E-state index in [1.54, 1.807) is 0 Å². The van der Waals surface area contributed by atoms with Crippen LogP contribution in [0.1, 0.15) is 38.5 Å². The first kappa shape index (κ1) is 7.92. The largest absolute Gasteiger partial charge is 0.366 e. The third kappa shape index (κ3) is 0.850. The molecule has 0 amide bonds. The Morgan fingerprint density at radius 2 is 2.14 bits per heavy atom. The number of allylic oxidation sites excluding steroid dienone is 2. The molecule has 0 aromatic carbocycles. The number of epoxide rings is 1.